The summed E-state index contributed by atoms with van der Waals surface area (Å²) in [7, 11) is 0. The second-order valence-electron chi connectivity index (χ2n) is 13.3. The van der Waals surface area contributed by atoms with E-state index in [4.69, 9.17) is 24.0 Å². The SMILES string of the molecule is C[C@H]1[C@H](OCCC23CC4CC(CC(C4)C2)C3)O[C@@H]2O[C@@]3(C)CC[C@H]4[C@H](C)CC[C@@H]1[C@@]24OO3. The molecule has 6 bridgehead atoms. The van der Waals surface area contributed by atoms with Gasteiger partial charge >= 0.3 is 0 Å². The van der Waals surface area contributed by atoms with E-state index >= 15 is 0 Å². The Morgan fingerprint density at radius 2 is 1.59 bits per heavy atom. The quantitative estimate of drug-likeness (QED) is 0.509. The maximum Gasteiger partial charge on any atom is 0.201 e. The number of hydrogen-bond donors (Lipinski definition) is 0. The number of fused-ring (bicyclic) bond motifs is 2. The summed E-state index contributed by atoms with van der Waals surface area (Å²) in [6, 6.07) is 0. The van der Waals surface area contributed by atoms with Crippen LogP contribution in [-0.2, 0) is 24.0 Å². The van der Waals surface area contributed by atoms with Crippen molar-refractivity contribution in [1.29, 1.82) is 0 Å². The van der Waals surface area contributed by atoms with Crippen molar-refractivity contribution in [2.24, 2.45) is 46.8 Å². The van der Waals surface area contributed by atoms with Crippen molar-refractivity contribution in [2.75, 3.05) is 6.61 Å². The molecule has 0 unspecified atom stereocenters. The minimum absolute atomic E-state index is 0.204. The predicted octanol–water partition coefficient (Wildman–Crippen LogP) is 5.82. The van der Waals surface area contributed by atoms with Gasteiger partial charge in [0.15, 0.2) is 18.2 Å². The maximum atomic E-state index is 6.63. The van der Waals surface area contributed by atoms with Gasteiger partial charge < -0.3 is 14.2 Å². The zero-order valence-electron chi connectivity index (χ0n) is 20.2. The molecule has 8 atom stereocenters. The van der Waals surface area contributed by atoms with Crippen molar-refractivity contribution in [3.05, 3.63) is 0 Å². The van der Waals surface area contributed by atoms with Gasteiger partial charge in [0.2, 0.25) is 5.79 Å². The molecule has 4 heterocycles. The van der Waals surface area contributed by atoms with Crippen LogP contribution in [0.15, 0.2) is 0 Å². The fourth-order valence-corrected chi connectivity index (χ4v) is 10.1. The Bertz CT molecular complexity index is 719. The molecule has 0 aromatic rings. The third-order valence-electron chi connectivity index (χ3n) is 11.2. The van der Waals surface area contributed by atoms with Crippen LogP contribution < -0.4 is 0 Å². The first-order chi connectivity index (χ1) is 15.4. The van der Waals surface area contributed by atoms with Crippen LogP contribution in [0.4, 0.5) is 0 Å². The van der Waals surface area contributed by atoms with Crippen molar-refractivity contribution in [2.45, 2.75) is 115 Å². The largest absolute Gasteiger partial charge is 0.352 e. The average molecular weight is 447 g/mol. The van der Waals surface area contributed by atoms with Crippen LogP contribution in [0.2, 0.25) is 0 Å². The predicted molar refractivity (Wildman–Crippen MR) is 118 cm³/mol. The zero-order chi connectivity index (χ0) is 21.7. The van der Waals surface area contributed by atoms with Crippen LogP contribution in [-0.4, -0.2) is 30.6 Å². The first kappa shape index (κ1) is 21.1. The van der Waals surface area contributed by atoms with E-state index in [1.807, 2.05) is 6.92 Å². The first-order valence-corrected chi connectivity index (χ1v) is 13.7. The van der Waals surface area contributed by atoms with Gasteiger partial charge in [0.1, 0.15) is 0 Å². The summed E-state index contributed by atoms with van der Waals surface area (Å²) in [5.41, 5.74) is 0.0778. The Morgan fingerprint density at radius 1 is 0.875 bits per heavy atom. The molecule has 9 fully saturated rings. The van der Waals surface area contributed by atoms with Gasteiger partial charge in [0.05, 0.1) is 6.61 Å². The normalized spacial score (nSPS) is 60.3. The standard InChI is InChI=1S/C27H42O5/c1-16-4-5-22-17(2)23(29-24-27(22)21(16)6-7-25(3,30-24)31-32-27)28-9-8-26-13-18-10-19(14-26)12-20(11-18)15-26/h16-24H,4-15H2,1-3H3/t16-,17-,18?,19?,20?,21+,22+,23-,24-,25-,26?,27-/m1/s1. The smallest absolute Gasteiger partial charge is 0.201 e. The second kappa shape index (κ2) is 7.16. The fraction of sp³-hybridized carbons (Fsp3) is 1.00. The molecule has 0 aromatic heterocycles. The third kappa shape index (κ3) is 3.00. The van der Waals surface area contributed by atoms with Crippen LogP contribution in [0.1, 0.15) is 91.4 Å². The van der Waals surface area contributed by atoms with Gasteiger partial charge in [0.25, 0.3) is 0 Å². The molecule has 9 aliphatic rings. The topological polar surface area (TPSA) is 46.2 Å². The Kier molecular flexibility index (Phi) is 4.72. The van der Waals surface area contributed by atoms with Crippen LogP contribution in [0.3, 0.4) is 0 Å². The van der Waals surface area contributed by atoms with Gasteiger partial charge in [-0.15, -0.1) is 0 Å². The highest BCUT2D eigenvalue weighted by molar-refractivity contribution is 5.09. The molecular weight excluding hydrogens is 404 g/mol. The van der Waals surface area contributed by atoms with Crippen LogP contribution in [0, 0.1) is 46.8 Å². The molecule has 0 N–H and O–H groups in total. The minimum atomic E-state index is -0.706. The van der Waals surface area contributed by atoms with E-state index < -0.39 is 11.4 Å². The summed E-state index contributed by atoms with van der Waals surface area (Å²) in [4.78, 5) is 12.2. The number of hydrogen-bond acceptors (Lipinski definition) is 5. The lowest BCUT2D eigenvalue weighted by atomic mass is 9.49. The molecule has 5 heteroatoms. The summed E-state index contributed by atoms with van der Waals surface area (Å²) in [5, 5.41) is 0. The Balaban J connectivity index is 1.08. The molecule has 5 nitrogen and oxygen atoms in total. The Labute approximate surface area is 193 Å². The molecule has 32 heavy (non-hydrogen) atoms. The lowest BCUT2D eigenvalue weighted by Gasteiger charge is -2.60. The van der Waals surface area contributed by atoms with Crippen LogP contribution in [0.25, 0.3) is 0 Å². The van der Waals surface area contributed by atoms with Gasteiger partial charge in [-0.2, -0.15) is 0 Å². The van der Waals surface area contributed by atoms with Gasteiger partial charge in [-0.05, 0) is 106 Å². The van der Waals surface area contributed by atoms with Crippen LogP contribution in [0.5, 0.6) is 0 Å². The highest BCUT2D eigenvalue weighted by Crippen LogP contribution is 2.62. The molecule has 0 radical (unpaired) electrons. The Morgan fingerprint density at radius 3 is 2.31 bits per heavy atom. The maximum absolute atomic E-state index is 6.63. The fourth-order valence-electron chi connectivity index (χ4n) is 10.1. The van der Waals surface area contributed by atoms with Gasteiger partial charge in [0, 0.05) is 18.3 Å². The molecule has 5 aliphatic carbocycles. The highest BCUT2D eigenvalue weighted by atomic mass is 17.3. The molecule has 4 aliphatic heterocycles. The van der Waals surface area contributed by atoms with Gasteiger partial charge in [-0.3, -0.25) is 0 Å². The van der Waals surface area contributed by atoms with Crippen molar-refractivity contribution in [1.82, 2.24) is 0 Å². The zero-order valence-corrected chi connectivity index (χ0v) is 20.2. The summed E-state index contributed by atoms with van der Waals surface area (Å²) < 4.78 is 19.7. The lowest BCUT2D eigenvalue weighted by Crippen LogP contribution is -2.70. The number of ether oxygens (including phenoxy) is 3. The number of rotatable bonds is 4. The molecule has 4 saturated heterocycles. The highest BCUT2D eigenvalue weighted by Gasteiger charge is 2.69. The minimum Gasteiger partial charge on any atom is -0.352 e. The van der Waals surface area contributed by atoms with Crippen molar-refractivity contribution in [3.63, 3.8) is 0 Å². The van der Waals surface area contributed by atoms with Crippen molar-refractivity contribution >= 4 is 0 Å². The summed E-state index contributed by atoms with van der Waals surface area (Å²) in [6.45, 7) is 7.50. The first-order valence-electron chi connectivity index (χ1n) is 13.7. The third-order valence-corrected chi connectivity index (χ3v) is 11.2. The van der Waals surface area contributed by atoms with Crippen molar-refractivity contribution < 1.29 is 24.0 Å². The van der Waals surface area contributed by atoms with E-state index in [0.29, 0.717) is 23.2 Å². The van der Waals surface area contributed by atoms with E-state index in [9.17, 15) is 0 Å². The van der Waals surface area contributed by atoms with E-state index in [1.54, 1.807) is 0 Å². The molecule has 1 spiro atoms. The van der Waals surface area contributed by atoms with Crippen LogP contribution >= 0.6 is 0 Å². The molecule has 9 rings (SSSR count). The monoisotopic (exact) mass is 446 g/mol. The second-order valence-corrected chi connectivity index (χ2v) is 13.3. The molecular formula is C27H42O5. The average Bonchev–Trinajstić information content (AvgIpc) is 2.96. The lowest BCUT2D eigenvalue weighted by molar-refractivity contribution is -0.577. The molecule has 5 saturated carbocycles. The molecule has 180 valence electrons. The Hall–Kier alpha value is -0.200. The summed E-state index contributed by atoms with van der Waals surface area (Å²) >= 11 is 0. The summed E-state index contributed by atoms with van der Waals surface area (Å²) in [5.74, 6) is 3.96. The van der Waals surface area contributed by atoms with Gasteiger partial charge in [-0.25, -0.2) is 9.78 Å². The summed E-state index contributed by atoms with van der Waals surface area (Å²) in [6.07, 6.45) is 13.8. The van der Waals surface area contributed by atoms with Crippen molar-refractivity contribution in [3.8, 4) is 0 Å². The van der Waals surface area contributed by atoms with E-state index in [1.165, 1.54) is 51.4 Å². The van der Waals surface area contributed by atoms with E-state index in [0.717, 1.165) is 43.6 Å². The van der Waals surface area contributed by atoms with E-state index in [-0.39, 0.29) is 18.5 Å². The van der Waals surface area contributed by atoms with Gasteiger partial charge in [-0.1, -0.05) is 13.8 Å². The van der Waals surface area contributed by atoms with E-state index in [2.05, 4.69) is 13.8 Å². The molecule has 0 aromatic carbocycles. The molecule has 0 amide bonds.